The van der Waals surface area contributed by atoms with Gasteiger partial charge < -0.3 is 5.32 Å². The molecule has 0 spiro atoms. The number of benzene rings is 1. The topological polar surface area (TPSA) is 67.8 Å². The number of pyridine rings is 1. The zero-order chi connectivity index (χ0) is 16.9. The van der Waals surface area contributed by atoms with Gasteiger partial charge in [-0.2, -0.15) is 0 Å². The van der Waals surface area contributed by atoms with Crippen LogP contribution in [-0.2, 0) is 11.2 Å². The fourth-order valence-electron chi connectivity index (χ4n) is 2.29. The molecule has 7 heteroatoms. The van der Waals surface area contributed by atoms with E-state index in [1.165, 1.54) is 30.4 Å². The third-order valence-electron chi connectivity index (χ3n) is 3.40. The Hall–Kier alpha value is -2.67. The number of hydrogen-bond acceptors (Lipinski definition) is 5. The molecule has 0 saturated heterocycles. The highest BCUT2D eigenvalue weighted by molar-refractivity contribution is 7.14. The van der Waals surface area contributed by atoms with E-state index in [2.05, 4.69) is 20.5 Å². The van der Waals surface area contributed by atoms with Gasteiger partial charge in [0.05, 0.1) is 6.04 Å². The maximum atomic E-state index is 13.1. The number of rotatable bonds is 5. The van der Waals surface area contributed by atoms with Crippen LogP contribution >= 0.6 is 11.3 Å². The molecule has 2 heterocycles. The smallest absolute Gasteiger partial charge is 0.217 e. The van der Waals surface area contributed by atoms with E-state index >= 15 is 0 Å². The summed E-state index contributed by atoms with van der Waals surface area (Å²) in [7, 11) is 0. The molecule has 1 atom stereocenters. The van der Waals surface area contributed by atoms with Gasteiger partial charge in [0.2, 0.25) is 5.91 Å². The fraction of sp³-hybridized carbons (Fsp3) is 0.176. The summed E-state index contributed by atoms with van der Waals surface area (Å²) < 4.78 is 13.1. The van der Waals surface area contributed by atoms with Crippen molar-refractivity contribution in [1.29, 1.82) is 0 Å². The zero-order valence-corrected chi connectivity index (χ0v) is 13.8. The van der Waals surface area contributed by atoms with E-state index in [4.69, 9.17) is 0 Å². The van der Waals surface area contributed by atoms with Crippen molar-refractivity contribution >= 4 is 17.2 Å². The van der Waals surface area contributed by atoms with Gasteiger partial charge in [0.1, 0.15) is 15.8 Å². The Morgan fingerprint density at radius 2 is 1.88 bits per heavy atom. The highest BCUT2D eigenvalue weighted by Gasteiger charge is 2.19. The first-order chi connectivity index (χ1) is 11.6. The van der Waals surface area contributed by atoms with Crippen molar-refractivity contribution < 1.29 is 9.18 Å². The molecule has 0 aliphatic heterocycles. The van der Waals surface area contributed by atoms with Crippen molar-refractivity contribution in [2.75, 3.05) is 0 Å². The van der Waals surface area contributed by atoms with Gasteiger partial charge in [-0.3, -0.25) is 9.78 Å². The first-order valence-corrected chi connectivity index (χ1v) is 8.19. The van der Waals surface area contributed by atoms with Crippen molar-refractivity contribution in [2.24, 2.45) is 0 Å². The van der Waals surface area contributed by atoms with Gasteiger partial charge in [0.15, 0.2) is 0 Å². The molecule has 0 fully saturated rings. The van der Waals surface area contributed by atoms with Crippen LogP contribution in [0, 0.1) is 5.82 Å². The second-order valence-corrected chi connectivity index (χ2v) is 6.27. The van der Waals surface area contributed by atoms with Gasteiger partial charge in [0, 0.05) is 24.9 Å². The van der Waals surface area contributed by atoms with Crippen molar-refractivity contribution in [2.45, 2.75) is 19.4 Å². The molecule has 0 aliphatic rings. The monoisotopic (exact) mass is 342 g/mol. The zero-order valence-electron chi connectivity index (χ0n) is 12.9. The Bertz CT molecular complexity index is 820. The number of carbonyl (C=O) groups is 1. The Morgan fingerprint density at radius 3 is 2.54 bits per heavy atom. The average molecular weight is 342 g/mol. The largest absolute Gasteiger partial charge is 0.347 e. The van der Waals surface area contributed by atoms with Crippen LogP contribution in [0.2, 0.25) is 0 Å². The minimum Gasteiger partial charge on any atom is -0.347 e. The predicted octanol–water partition coefficient (Wildman–Crippen LogP) is 3.16. The van der Waals surface area contributed by atoms with Gasteiger partial charge in [-0.25, -0.2) is 4.39 Å². The van der Waals surface area contributed by atoms with Gasteiger partial charge in [-0.15, -0.1) is 10.2 Å². The number of aromatic nitrogens is 3. The summed E-state index contributed by atoms with van der Waals surface area (Å²) in [5.41, 5.74) is 1.84. The minimum absolute atomic E-state index is 0.150. The van der Waals surface area contributed by atoms with Crippen LogP contribution < -0.4 is 5.32 Å². The fourth-order valence-corrected chi connectivity index (χ4v) is 3.19. The van der Waals surface area contributed by atoms with Crippen LogP contribution in [0.5, 0.6) is 0 Å². The summed E-state index contributed by atoms with van der Waals surface area (Å²) >= 11 is 1.42. The Kier molecular flexibility index (Phi) is 4.90. The number of hydrogen-bond donors (Lipinski definition) is 1. The van der Waals surface area contributed by atoms with Crippen LogP contribution in [0.4, 0.5) is 4.39 Å². The molecule has 1 amide bonds. The summed E-state index contributed by atoms with van der Waals surface area (Å²) in [6.45, 7) is 1.46. The molecule has 5 nitrogen and oxygen atoms in total. The second kappa shape index (κ2) is 7.27. The van der Waals surface area contributed by atoms with E-state index in [-0.39, 0.29) is 17.8 Å². The molecular formula is C17H15FN4OS. The number of nitrogens with zero attached hydrogens (tertiary/aromatic N) is 3. The van der Waals surface area contributed by atoms with Crippen LogP contribution in [0.25, 0.3) is 10.6 Å². The maximum absolute atomic E-state index is 13.1. The molecule has 3 rings (SSSR count). The lowest BCUT2D eigenvalue weighted by Gasteiger charge is -2.14. The van der Waals surface area contributed by atoms with Gasteiger partial charge in [-0.05, 0) is 36.2 Å². The van der Waals surface area contributed by atoms with Crippen LogP contribution in [-0.4, -0.2) is 21.1 Å². The van der Waals surface area contributed by atoms with E-state index in [1.807, 2.05) is 12.1 Å². The van der Waals surface area contributed by atoms with Gasteiger partial charge in [0.25, 0.3) is 0 Å². The average Bonchev–Trinajstić information content (AvgIpc) is 3.07. The summed E-state index contributed by atoms with van der Waals surface area (Å²) in [6, 6.07) is 9.63. The standard InChI is InChI=1S/C17H15FN4OS/c1-11(23)20-15(10-12-2-4-14(18)5-3-12)17-22-21-16(24-17)13-6-8-19-9-7-13/h2-9,15H,10H2,1H3,(H,20,23). The Balaban J connectivity index is 1.84. The second-order valence-electron chi connectivity index (χ2n) is 5.27. The number of amides is 1. The third kappa shape index (κ3) is 3.99. The molecule has 0 aliphatic carbocycles. The molecule has 24 heavy (non-hydrogen) atoms. The van der Waals surface area contributed by atoms with E-state index in [1.54, 1.807) is 24.5 Å². The van der Waals surface area contributed by atoms with Crippen LogP contribution in [0.3, 0.4) is 0 Å². The van der Waals surface area contributed by atoms with E-state index < -0.39 is 0 Å². The number of halogens is 1. The minimum atomic E-state index is -0.305. The molecule has 1 N–H and O–H groups in total. The molecule has 0 bridgehead atoms. The highest BCUT2D eigenvalue weighted by atomic mass is 32.1. The van der Waals surface area contributed by atoms with Crippen LogP contribution in [0.15, 0.2) is 48.8 Å². The van der Waals surface area contributed by atoms with Crippen molar-refractivity contribution in [3.05, 3.63) is 65.2 Å². The molecule has 122 valence electrons. The van der Waals surface area contributed by atoms with E-state index in [9.17, 15) is 9.18 Å². The molecular weight excluding hydrogens is 327 g/mol. The summed E-state index contributed by atoms with van der Waals surface area (Å²) in [4.78, 5) is 15.5. The number of carbonyl (C=O) groups excluding carboxylic acids is 1. The number of nitrogens with one attached hydrogen (secondary N) is 1. The van der Waals surface area contributed by atoms with Crippen molar-refractivity contribution in [3.63, 3.8) is 0 Å². The molecule has 1 aromatic carbocycles. The summed E-state index contributed by atoms with van der Waals surface area (Å²) in [5.74, 6) is -0.437. The summed E-state index contributed by atoms with van der Waals surface area (Å²) in [6.07, 6.45) is 3.91. The Morgan fingerprint density at radius 1 is 1.17 bits per heavy atom. The highest BCUT2D eigenvalue weighted by Crippen LogP contribution is 2.28. The summed E-state index contributed by atoms with van der Waals surface area (Å²) in [5, 5.41) is 12.8. The molecule has 3 aromatic rings. The Labute approximate surface area is 142 Å². The molecule has 0 saturated carbocycles. The van der Waals surface area contributed by atoms with Gasteiger partial charge in [-0.1, -0.05) is 23.5 Å². The SMILES string of the molecule is CC(=O)NC(Cc1ccc(F)cc1)c1nnc(-c2ccncc2)s1. The normalized spacial score (nSPS) is 11.9. The first kappa shape index (κ1) is 16.2. The molecule has 1 unspecified atom stereocenters. The lowest BCUT2D eigenvalue weighted by molar-refractivity contribution is -0.119. The lowest BCUT2D eigenvalue weighted by Crippen LogP contribution is -2.27. The maximum Gasteiger partial charge on any atom is 0.217 e. The quantitative estimate of drug-likeness (QED) is 0.773. The van der Waals surface area contributed by atoms with Crippen molar-refractivity contribution in [3.8, 4) is 10.6 Å². The molecule has 0 radical (unpaired) electrons. The van der Waals surface area contributed by atoms with E-state index in [0.717, 1.165) is 16.1 Å². The van der Waals surface area contributed by atoms with E-state index in [0.29, 0.717) is 11.4 Å². The lowest BCUT2D eigenvalue weighted by atomic mass is 10.1. The van der Waals surface area contributed by atoms with Gasteiger partial charge >= 0.3 is 0 Å². The first-order valence-electron chi connectivity index (χ1n) is 7.37. The molecule has 2 aromatic heterocycles. The third-order valence-corrected chi connectivity index (χ3v) is 4.48. The van der Waals surface area contributed by atoms with Crippen molar-refractivity contribution in [1.82, 2.24) is 20.5 Å². The predicted molar refractivity (Wildman–Crippen MR) is 89.8 cm³/mol. The van der Waals surface area contributed by atoms with Crippen LogP contribution in [0.1, 0.15) is 23.5 Å².